The number of furan rings is 1. The average Bonchev–Trinajstić information content (AvgIpc) is 2.77. The van der Waals surface area contributed by atoms with Crippen LogP contribution >= 0.6 is 15.9 Å². The molecule has 0 bridgehead atoms. The summed E-state index contributed by atoms with van der Waals surface area (Å²) in [5.41, 5.74) is 4.56. The Labute approximate surface area is 122 Å². The van der Waals surface area contributed by atoms with Crippen molar-refractivity contribution in [2.45, 2.75) is 19.9 Å². The van der Waals surface area contributed by atoms with E-state index in [1.165, 1.54) is 5.56 Å². The van der Waals surface area contributed by atoms with Crippen molar-refractivity contribution in [2.24, 2.45) is 0 Å². The molecule has 0 aliphatic carbocycles. The Morgan fingerprint density at radius 2 is 1.89 bits per heavy atom. The maximum absolute atomic E-state index is 5.41. The SMILES string of the molecule is CNC(c1cc(C)c(OC)c(C)c1)c1ccoc1Br. The highest BCUT2D eigenvalue weighted by Gasteiger charge is 2.18. The van der Waals surface area contributed by atoms with Crippen LogP contribution in [-0.2, 0) is 0 Å². The van der Waals surface area contributed by atoms with Crippen LogP contribution in [0.25, 0.3) is 0 Å². The van der Waals surface area contributed by atoms with Crippen LogP contribution in [0.15, 0.2) is 33.5 Å². The summed E-state index contributed by atoms with van der Waals surface area (Å²) in [4.78, 5) is 0. The van der Waals surface area contributed by atoms with Gasteiger partial charge in [-0.25, -0.2) is 0 Å². The van der Waals surface area contributed by atoms with E-state index in [9.17, 15) is 0 Å². The topological polar surface area (TPSA) is 34.4 Å². The lowest BCUT2D eigenvalue weighted by Crippen LogP contribution is -2.18. The summed E-state index contributed by atoms with van der Waals surface area (Å²) in [6.07, 6.45) is 1.69. The number of nitrogens with one attached hydrogen (secondary N) is 1. The van der Waals surface area contributed by atoms with Crippen molar-refractivity contribution in [1.29, 1.82) is 0 Å². The molecule has 1 unspecified atom stereocenters. The normalized spacial score (nSPS) is 12.5. The number of methoxy groups -OCH3 is 1. The van der Waals surface area contributed by atoms with Gasteiger partial charge < -0.3 is 14.5 Å². The highest BCUT2D eigenvalue weighted by Crippen LogP contribution is 2.33. The standard InChI is InChI=1S/C15H18BrNO2/c1-9-7-11(8-10(2)14(9)18-4)13(17-3)12-5-6-19-15(12)16/h5-8,13,17H,1-4H3. The predicted octanol–water partition coefficient (Wildman–Crippen LogP) is 3.98. The molecule has 0 amide bonds. The molecule has 0 aliphatic rings. The summed E-state index contributed by atoms with van der Waals surface area (Å²) in [7, 11) is 3.65. The number of benzene rings is 1. The highest BCUT2D eigenvalue weighted by molar-refractivity contribution is 9.10. The van der Waals surface area contributed by atoms with Crippen LogP contribution < -0.4 is 10.1 Å². The fourth-order valence-corrected chi connectivity index (χ4v) is 2.95. The Kier molecular flexibility index (Phi) is 4.32. The monoisotopic (exact) mass is 323 g/mol. The maximum Gasteiger partial charge on any atom is 0.174 e. The minimum atomic E-state index is 0.0939. The van der Waals surface area contributed by atoms with Gasteiger partial charge in [-0.15, -0.1) is 0 Å². The van der Waals surface area contributed by atoms with Gasteiger partial charge in [0.2, 0.25) is 0 Å². The Hall–Kier alpha value is -1.26. The van der Waals surface area contributed by atoms with Gasteiger partial charge in [0.1, 0.15) is 5.75 Å². The number of halogens is 1. The second-order valence-electron chi connectivity index (χ2n) is 4.56. The first-order chi connectivity index (χ1) is 9.08. The van der Waals surface area contributed by atoms with Gasteiger partial charge in [-0.1, -0.05) is 12.1 Å². The lowest BCUT2D eigenvalue weighted by Gasteiger charge is -2.19. The average molecular weight is 324 g/mol. The van der Waals surface area contributed by atoms with E-state index in [0.29, 0.717) is 0 Å². The van der Waals surface area contributed by atoms with Crippen molar-refractivity contribution >= 4 is 15.9 Å². The lowest BCUT2D eigenvalue weighted by atomic mass is 9.97. The molecule has 1 aromatic carbocycles. The largest absolute Gasteiger partial charge is 0.496 e. The first-order valence-electron chi connectivity index (χ1n) is 6.13. The molecule has 2 aromatic rings. The van der Waals surface area contributed by atoms with Crippen molar-refractivity contribution < 1.29 is 9.15 Å². The zero-order chi connectivity index (χ0) is 14.0. The van der Waals surface area contributed by atoms with Crippen molar-refractivity contribution in [3.63, 3.8) is 0 Å². The zero-order valence-electron chi connectivity index (χ0n) is 11.6. The van der Waals surface area contributed by atoms with E-state index in [1.807, 2.05) is 13.1 Å². The van der Waals surface area contributed by atoms with Crippen LogP contribution in [0.1, 0.15) is 28.3 Å². The maximum atomic E-state index is 5.41. The number of hydrogen-bond donors (Lipinski definition) is 1. The van der Waals surface area contributed by atoms with E-state index in [0.717, 1.165) is 27.1 Å². The molecule has 1 N–H and O–H groups in total. The number of hydrogen-bond acceptors (Lipinski definition) is 3. The molecule has 3 nitrogen and oxygen atoms in total. The van der Waals surface area contributed by atoms with Crippen LogP contribution in [-0.4, -0.2) is 14.2 Å². The Morgan fingerprint density at radius 1 is 1.26 bits per heavy atom. The Morgan fingerprint density at radius 3 is 2.32 bits per heavy atom. The summed E-state index contributed by atoms with van der Waals surface area (Å²) in [6.45, 7) is 4.12. The van der Waals surface area contributed by atoms with Crippen molar-refractivity contribution in [3.05, 3.63) is 51.4 Å². The second-order valence-corrected chi connectivity index (χ2v) is 5.28. The molecule has 0 spiro atoms. The van der Waals surface area contributed by atoms with Crippen LogP contribution in [0, 0.1) is 13.8 Å². The molecule has 0 aliphatic heterocycles. The molecule has 19 heavy (non-hydrogen) atoms. The van der Waals surface area contributed by atoms with E-state index in [-0.39, 0.29) is 6.04 Å². The molecule has 0 saturated carbocycles. The van der Waals surface area contributed by atoms with E-state index in [1.54, 1.807) is 13.4 Å². The fourth-order valence-electron chi connectivity index (χ4n) is 2.48. The van der Waals surface area contributed by atoms with Crippen LogP contribution in [0.2, 0.25) is 0 Å². The molecule has 1 aromatic heterocycles. The molecule has 2 rings (SSSR count). The smallest absolute Gasteiger partial charge is 0.174 e. The number of rotatable bonds is 4. The molecule has 0 radical (unpaired) electrons. The molecular weight excluding hydrogens is 306 g/mol. The van der Waals surface area contributed by atoms with Gasteiger partial charge in [-0.3, -0.25) is 0 Å². The minimum absolute atomic E-state index is 0.0939. The summed E-state index contributed by atoms with van der Waals surface area (Å²) in [6, 6.07) is 6.36. The molecule has 4 heteroatoms. The molecule has 0 fully saturated rings. The van der Waals surface area contributed by atoms with Gasteiger partial charge >= 0.3 is 0 Å². The fraction of sp³-hybridized carbons (Fsp3) is 0.333. The molecule has 1 atom stereocenters. The van der Waals surface area contributed by atoms with E-state index >= 15 is 0 Å². The van der Waals surface area contributed by atoms with Gasteiger partial charge in [-0.2, -0.15) is 0 Å². The van der Waals surface area contributed by atoms with Crippen LogP contribution in [0.3, 0.4) is 0 Å². The van der Waals surface area contributed by atoms with Gasteiger partial charge in [0.05, 0.1) is 19.4 Å². The minimum Gasteiger partial charge on any atom is -0.496 e. The molecular formula is C15H18BrNO2. The van der Waals surface area contributed by atoms with Gasteiger partial charge in [0, 0.05) is 5.56 Å². The molecule has 0 saturated heterocycles. The Bertz CT molecular complexity index is 554. The van der Waals surface area contributed by atoms with E-state index in [4.69, 9.17) is 9.15 Å². The highest BCUT2D eigenvalue weighted by atomic mass is 79.9. The third-order valence-corrected chi connectivity index (χ3v) is 3.91. The third-order valence-electron chi connectivity index (χ3n) is 3.27. The van der Waals surface area contributed by atoms with Gasteiger partial charge in [0.25, 0.3) is 0 Å². The van der Waals surface area contributed by atoms with E-state index < -0.39 is 0 Å². The van der Waals surface area contributed by atoms with Crippen molar-refractivity contribution in [3.8, 4) is 5.75 Å². The summed E-state index contributed by atoms with van der Waals surface area (Å²) in [5.74, 6) is 0.949. The molecule has 1 heterocycles. The first kappa shape index (κ1) is 14.2. The second kappa shape index (κ2) is 5.80. The van der Waals surface area contributed by atoms with Crippen molar-refractivity contribution in [1.82, 2.24) is 5.32 Å². The van der Waals surface area contributed by atoms with Crippen molar-refractivity contribution in [2.75, 3.05) is 14.2 Å². The Balaban J connectivity index is 2.48. The van der Waals surface area contributed by atoms with Crippen LogP contribution in [0.5, 0.6) is 5.75 Å². The summed E-state index contributed by atoms with van der Waals surface area (Å²) >= 11 is 3.44. The lowest BCUT2D eigenvalue weighted by molar-refractivity contribution is 0.408. The van der Waals surface area contributed by atoms with Gasteiger partial charge in [-0.05, 0) is 59.6 Å². The van der Waals surface area contributed by atoms with Crippen LogP contribution in [0.4, 0.5) is 0 Å². The predicted molar refractivity (Wildman–Crippen MR) is 79.8 cm³/mol. The first-order valence-corrected chi connectivity index (χ1v) is 6.93. The summed E-state index contributed by atoms with van der Waals surface area (Å²) in [5, 5.41) is 3.32. The quantitative estimate of drug-likeness (QED) is 0.924. The molecule has 102 valence electrons. The van der Waals surface area contributed by atoms with E-state index in [2.05, 4.69) is 47.2 Å². The third kappa shape index (κ3) is 2.69. The summed E-state index contributed by atoms with van der Waals surface area (Å²) < 4.78 is 11.5. The number of ether oxygens (including phenoxy) is 1. The number of aryl methyl sites for hydroxylation is 2. The zero-order valence-corrected chi connectivity index (χ0v) is 13.2. The van der Waals surface area contributed by atoms with Gasteiger partial charge in [0.15, 0.2) is 4.67 Å².